The fourth-order valence-corrected chi connectivity index (χ4v) is 3.75. The van der Waals surface area contributed by atoms with E-state index in [0.29, 0.717) is 0 Å². The molecule has 1 N–H and O–H groups in total. The van der Waals surface area contributed by atoms with Gasteiger partial charge in [0.25, 0.3) is 0 Å². The van der Waals surface area contributed by atoms with Crippen LogP contribution in [-0.4, -0.2) is 23.0 Å². The smallest absolute Gasteiger partial charge is 0.156 e. The summed E-state index contributed by atoms with van der Waals surface area (Å²) >= 11 is 3.62. The van der Waals surface area contributed by atoms with E-state index in [1.807, 2.05) is 11.8 Å². The topological polar surface area (TPSA) is 24.4 Å². The van der Waals surface area contributed by atoms with E-state index >= 15 is 0 Å². The van der Waals surface area contributed by atoms with E-state index in [2.05, 4.69) is 41.0 Å². The highest BCUT2D eigenvalue weighted by atomic mass is 32.2. The summed E-state index contributed by atoms with van der Waals surface area (Å²) in [5, 5.41) is 9.05. The summed E-state index contributed by atoms with van der Waals surface area (Å²) in [6, 6.07) is 2.18. The van der Waals surface area contributed by atoms with Gasteiger partial charge in [0.05, 0.1) is 0 Å². The van der Waals surface area contributed by atoms with Crippen LogP contribution in [0.1, 0.15) is 32.3 Å². The minimum Gasteiger partial charge on any atom is -0.360 e. The van der Waals surface area contributed by atoms with Gasteiger partial charge >= 0.3 is 0 Å². The number of amidine groups is 1. The number of rotatable bonds is 4. The number of hydrogen-bond acceptors (Lipinski definition) is 3. The maximum atomic E-state index is 4.67. The second-order valence-corrected chi connectivity index (χ2v) is 6.57. The largest absolute Gasteiger partial charge is 0.360 e. The van der Waals surface area contributed by atoms with E-state index in [-0.39, 0.29) is 5.54 Å². The molecule has 1 unspecified atom stereocenters. The summed E-state index contributed by atoms with van der Waals surface area (Å²) < 4.78 is 0. The van der Waals surface area contributed by atoms with Crippen LogP contribution in [0.4, 0.5) is 0 Å². The van der Waals surface area contributed by atoms with Crippen molar-refractivity contribution in [1.29, 1.82) is 0 Å². The predicted octanol–water partition coefficient (Wildman–Crippen LogP) is 3.54. The van der Waals surface area contributed by atoms with Crippen molar-refractivity contribution < 1.29 is 0 Å². The molecule has 0 aromatic carbocycles. The van der Waals surface area contributed by atoms with Crippen LogP contribution in [0.3, 0.4) is 0 Å². The zero-order valence-corrected chi connectivity index (χ0v) is 12.2. The monoisotopic (exact) mass is 268 g/mol. The average Bonchev–Trinajstić information content (AvgIpc) is 2.82. The highest BCUT2D eigenvalue weighted by Gasteiger charge is 2.27. The highest BCUT2D eigenvalue weighted by Crippen LogP contribution is 2.24. The van der Waals surface area contributed by atoms with Crippen LogP contribution >= 0.6 is 23.1 Å². The number of nitrogens with one attached hydrogen (secondary N) is 1. The Hall–Kier alpha value is -0.480. The Morgan fingerprint density at radius 1 is 1.53 bits per heavy atom. The minimum atomic E-state index is 0.256. The van der Waals surface area contributed by atoms with E-state index in [1.165, 1.54) is 17.7 Å². The molecule has 1 aromatic rings. The molecule has 1 aliphatic heterocycles. The van der Waals surface area contributed by atoms with Gasteiger partial charge in [0, 0.05) is 17.8 Å². The molecular formula is C13H20N2S2. The van der Waals surface area contributed by atoms with Gasteiger partial charge in [-0.15, -0.1) is 0 Å². The van der Waals surface area contributed by atoms with Crippen molar-refractivity contribution in [3.05, 3.63) is 22.4 Å². The van der Waals surface area contributed by atoms with Crippen LogP contribution in [0.2, 0.25) is 0 Å². The molecule has 1 saturated heterocycles. The maximum absolute atomic E-state index is 4.67. The molecule has 2 rings (SSSR count). The summed E-state index contributed by atoms with van der Waals surface area (Å²) in [6.45, 7) is 5.43. The quantitative estimate of drug-likeness (QED) is 0.903. The fraction of sp³-hybridized carbons (Fsp3) is 0.615. The number of thiophene rings is 1. The SMILES string of the molecule is CCC1(C)CCSC(=NCCc2ccsc2)N1. The van der Waals surface area contributed by atoms with Crippen molar-refractivity contribution in [3.8, 4) is 0 Å². The second kappa shape index (κ2) is 5.91. The number of nitrogens with zero attached hydrogens (tertiary/aromatic N) is 1. The third-order valence-corrected chi connectivity index (χ3v) is 4.96. The summed E-state index contributed by atoms with van der Waals surface area (Å²) in [5.41, 5.74) is 1.66. The van der Waals surface area contributed by atoms with Gasteiger partial charge < -0.3 is 5.32 Å². The molecule has 1 atom stereocenters. The lowest BCUT2D eigenvalue weighted by Gasteiger charge is -2.35. The van der Waals surface area contributed by atoms with Crippen molar-refractivity contribution >= 4 is 28.3 Å². The molecule has 1 fully saturated rings. The van der Waals surface area contributed by atoms with Gasteiger partial charge in [-0.05, 0) is 48.6 Å². The first-order chi connectivity index (χ1) is 8.22. The molecule has 2 heterocycles. The standard InChI is InChI=1S/C13H20N2S2/c1-3-13(2)6-9-17-12(15-13)14-7-4-11-5-8-16-10-11/h5,8,10H,3-4,6-7,9H2,1-2H3,(H,14,15). The van der Waals surface area contributed by atoms with E-state index in [4.69, 9.17) is 0 Å². The predicted molar refractivity (Wildman–Crippen MR) is 79.2 cm³/mol. The zero-order valence-electron chi connectivity index (χ0n) is 10.5. The summed E-state index contributed by atoms with van der Waals surface area (Å²) in [7, 11) is 0. The van der Waals surface area contributed by atoms with Crippen LogP contribution in [0, 0.1) is 0 Å². The molecule has 0 aliphatic carbocycles. The first kappa shape index (κ1) is 13.0. The molecule has 17 heavy (non-hydrogen) atoms. The van der Waals surface area contributed by atoms with Crippen molar-refractivity contribution in [2.75, 3.05) is 12.3 Å². The molecule has 0 bridgehead atoms. The normalized spacial score (nSPS) is 27.1. The second-order valence-electron chi connectivity index (χ2n) is 4.71. The molecule has 0 saturated carbocycles. The Bertz CT molecular complexity index is 373. The molecular weight excluding hydrogens is 248 g/mol. The first-order valence-electron chi connectivity index (χ1n) is 6.18. The molecule has 0 spiro atoms. The molecule has 0 amide bonds. The lowest BCUT2D eigenvalue weighted by atomic mass is 9.96. The molecule has 4 heteroatoms. The van der Waals surface area contributed by atoms with E-state index in [1.54, 1.807) is 11.3 Å². The third-order valence-electron chi connectivity index (χ3n) is 3.32. The summed E-state index contributed by atoms with van der Waals surface area (Å²) in [6.07, 6.45) is 3.45. The van der Waals surface area contributed by atoms with Crippen molar-refractivity contribution in [2.24, 2.45) is 4.99 Å². The Kier molecular flexibility index (Phi) is 4.51. The molecule has 2 nitrogen and oxygen atoms in total. The van der Waals surface area contributed by atoms with Gasteiger partial charge in [-0.25, -0.2) is 0 Å². The number of hydrogen-bond donors (Lipinski definition) is 1. The average molecular weight is 268 g/mol. The number of thioether (sulfide) groups is 1. The first-order valence-corrected chi connectivity index (χ1v) is 8.11. The van der Waals surface area contributed by atoms with Crippen LogP contribution in [0.25, 0.3) is 0 Å². The zero-order chi connectivity index (χ0) is 12.1. The van der Waals surface area contributed by atoms with Gasteiger partial charge in [0.1, 0.15) is 0 Å². The molecule has 0 radical (unpaired) electrons. The Morgan fingerprint density at radius 2 is 2.41 bits per heavy atom. The Balaban J connectivity index is 1.85. The minimum absolute atomic E-state index is 0.256. The van der Waals surface area contributed by atoms with Gasteiger partial charge in [-0.2, -0.15) is 11.3 Å². The number of aliphatic imine (C=N–C) groups is 1. The van der Waals surface area contributed by atoms with Crippen LogP contribution in [0.5, 0.6) is 0 Å². The lowest BCUT2D eigenvalue weighted by Crippen LogP contribution is -2.48. The van der Waals surface area contributed by atoms with E-state index < -0.39 is 0 Å². The Labute approximate surface area is 112 Å². The lowest BCUT2D eigenvalue weighted by molar-refractivity contribution is 0.390. The van der Waals surface area contributed by atoms with Crippen LogP contribution in [0.15, 0.2) is 21.8 Å². The van der Waals surface area contributed by atoms with Crippen molar-refractivity contribution in [1.82, 2.24) is 5.32 Å². The van der Waals surface area contributed by atoms with Gasteiger partial charge in [-0.3, -0.25) is 4.99 Å². The Morgan fingerprint density at radius 3 is 3.12 bits per heavy atom. The van der Waals surface area contributed by atoms with Crippen LogP contribution < -0.4 is 5.32 Å². The fourth-order valence-electron chi connectivity index (χ4n) is 1.80. The van der Waals surface area contributed by atoms with Gasteiger partial charge in [-0.1, -0.05) is 18.7 Å². The van der Waals surface area contributed by atoms with E-state index in [0.717, 1.165) is 24.6 Å². The highest BCUT2D eigenvalue weighted by molar-refractivity contribution is 8.13. The third kappa shape index (κ3) is 3.75. The molecule has 94 valence electrons. The van der Waals surface area contributed by atoms with Gasteiger partial charge in [0.15, 0.2) is 5.17 Å². The summed E-state index contributed by atoms with van der Waals surface area (Å²) in [5.74, 6) is 1.19. The molecule has 1 aromatic heterocycles. The van der Waals surface area contributed by atoms with Crippen LogP contribution in [-0.2, 0) is 6.42 Å². The van der Waals surface area contributed by atoms with Crippen molar-refractivity contribution in [2.45, 2.75) is 38.6 Å². The molecule has 1 aliphatic rings. The summed E-state index contributed by atoms with van der Waals surface area (Å²) in [4.78, 5) is 4.67. The maximum Gasteiger partial charge on any atom is 0.156 e. The van der Waals surface area contributed by atoms with Gasteiger partial charge in [0.2, 0.25) is 0 Å². The van der Waals surface area contributed by atoms with E-state index in [9.17, 15) is 0 Å². The van der Waals surface area contributed by atoms with Crippen molar-refractivity contribution in [3.63, 3.8) is 0 Å².